The smallest absolute Gasteiger partial charge is 0.256 e. The zero-order valence-electron chi connectivity index (χ0n) is 10.7. The molecule has 18 heavy (non-hydrogen) atoms. The second kappa shape index (κ2) is 5.14. The number of hydrogen-bond acceptors (Lipinski definition) is 3. The highest BCUT2D eigenvalue weighted by molar-refractivity contribution is 6.29. The summed E-state index contributed by atoms with van der Waals surface area (Å²) in [4.78, 5) is 18.2. The molecule has 4 nitrogen and oxygen atoms in total. The van der Waals surface area contributed by atoms with Crippen LogP contribution >= 0.6 is 11.6 Å². The molecule has 1 aromatic rings. The Kier molecular flexibility index (Phi) is 3.76. The quantitative estimate of drug-likeness (QED) is 0.796. The zero-order valence-corrected chi connectivity index (χ0v) is 11.4. The van der Waals surface area contributed by atoms with Gasteiger partial charge in [-0.25, -0.2) is 4.98 Å². The molecule has 1 amide bonds. The average molecular weight is 268 g/mol. The second-order valence-corrected chi connectivity index (χ2v) is 5.34. The van der Waals surface area contributed by atoms with Crippen molar-refractivity contribution in [2.45, 2.75) is 32.7 Å². The summed E-state index contributed by atoms with van der Waals surface area (Å²) in [6.45, 7) is 5.04. The van der Waals surface area contributed by atoms with Gasteiger partial charge in [0.1, 0.15) is 5.15 Å². The van der Waals surface area contributed by atoms with E-state index in [1.165, 1.54) is 6.20 Å². The third-order valence-electron chi connectivity index (χ3n) is 3.77. The fourth-order valence-corrected chi connectivity index (χ4v) is 2.56. The number of carbonyl (C=O) groups excluding carboxylic acids is 1. The van der Waals surface area contributed by atoms with E-state index in [9.17, 15) is 4.79 Å². The molecule has 1 saturated heterocycles. The van der Waals surface area contributed by atoms with Crippen molar-refractivity contribution in [3.05, 3.63) is 23.0 Å². The molecule has 1 aromatic heterocycles. The van der Waals surface area contributed by atoms with Crippen molar-refractivity contribution >= 4 is 23.2 Å². The van der Waals surface area contributed by atoms with Gasteiger partial charge in [-0.3, -0.25) is 4.79 Å². The Hall–Kier alpha value is -1.29. The Morgan fingerprint density at radius 2 is 2.28 bits per heavy atom. The minimum absolute atomic E-state index is 0.0455. The first-order valence-electron chi connectivity index (χ1n) is 6.22. The van der Waals surface area contributed by atoms with Crippen LogP contribution in [0.4, 0.5) is 5.69 Å². The van der Waals surface area contributed by atoms with Gasteiger partial charge in [-0.15, -0.1) is 0 Å². The molecule has 0 spiro atoms. The molecule has 1 fully saturated rings. The highest BCUT2D eigenvalue weighted by Gasteiger charge is 2.29. The fourth-order valence-electron chi connectivity index (χ4n) is 2.40. The number of nitrogen functional groups attached to an aromatic ring is 1. The Morgan fingerprint density at radius 1 is 1.56 bits per heavy atom. The van der Waals surface area contributed by atoms with E-state index in [-0.39, 0.29) is 11.9 Å². The molecular weight excluding hydrogens is 250 g/mol. The van der Waals surface area contributed by atoms with Gasteiger partial charge >= 0.3 is 0 Å². The SMILES string of the molecule is CC1CCCN(C(=O)c2cc(Cl)ncc2N)C1C. The highest BCUT2D eigenvalue weighted by atomic mass is 35.5. The van der Waals surface area contributed by atoms with Gasteiger partial charge in [-0.05, 0) is 31.7 Å². The van der Waals surface area contributed by atoms with E-state index in [0.717, 1.165) is 19.4 Å². The van der Waals surface area contributed by atoms with Crippen molar-refractivity contribution < 1.29 is 4.79 Å². The monoisotopic (exact) mass is 267 g/mol. The summed E-state index contributed by atoms with van der Waals surface area (Å²) in [7, 11) is 0. The summed E-state index contributed by atoms with van der Waals surface area (Å²) in [5, 5.41) is 0.297. The van der Waals surface area contributed by atoms with Crippen LogP contribution in [0.2, 0.25) is 5.15 Å². The van der Waals surface area contributed by atoms with Crippen LogP contribution in [0.5, 0.6) is 0 Å². The summed E-state index contributed by atoms with van der Waals surface area (Å²) >= 11 is 5.83. The van der Waals surface area contributed by atoms with Gasteiger partial charge < -0.3 is 10.6 Å². The van der Waals surface area contributed by atoms with E-state index in [4.69, 9.17) is 17.3 Å². The van der Waals surface area contributed by atoms with E-state index in [0.29, 0.717) is 22.3 Å². The van der Waals surface area contributed by atoms with Crippen LogP contribution in [0.15, 0.2) is 12.3 Å². The number of nitrogens with zero attached hydrogens (tertiary/aromatic N) is 2. The summed E-state index contributed by atoms with van der Waals surface area (Å²) in [5.41, 5.74) is 6.65. The number of hydrogen-bond donors (Lipinski definition) is 1. The van der Waals surface area contributed by atoms with Gasteiger partial charge in [0.05, 0.1) is 17.4 Å². The number of rotatable bonds is 1. The number of halogens is 1. The van der Waals surface area contributed by atoms with Crippen molar-refractivity contribution in [2.24, 2.45) is 5.92 Å². The summed E-state index contributed by atoms with van der Waals surface area (Å²) in [6, 6.07) is 1.78. The molecule has 1 aliphatic heterocycles. The molecule has 0 saturated carbocycles. The lowest BCUT2D eigenvalue weighted by Crippen LogP contribution is -2.46. The molecule has 0 bridgehead atoms. The van der Waals surface area contributed by atoms with E-state index >= 15 is 0 Å². The van der Waals surface area contributed by atoms with Crippen LogP contribution in [0.3, 0.4) is 0 Å². The molecule has 2 unspecified atom stereocenters. The van der Waals surface area contributed by atoms with Crippen molar-refractivity contribution in [1.82, 2.24) is 9.88 Å². The third-order valence-corrected chi connectivity index (χ3v) is 3.97. The Balaban J connectivity index is 2.27. The van der Waals surface area contributed by atoms with Gasteiger partial charge in [-0.1, -0.05) is 18.5 Å². The molecule has 2 N–H and O–H groups in total. The number of aromatic nitrogens is 1. The number of nitrogens with two attached hydrogens (primary N) is 1. The molecule has 1 aliphatic rings. The van der Waals surface area contributed by atoms with Gasteiger partial charge in [-0.2, -0.15) is 0 Å². The molecule has 98 valence electrons. The first kappa shape index (κ1) is 13.1. The van der Waals surface area contributed by atoms with Crippen LogP contribution in [-0.4, -0.2) is 28.4 Å². The molecule has 2 rings (SSSR count). The molecule has 2 atom stereocenters. The minimum atomic E-state index is -0.0455. The van der Waals surface area contributed by atoms with Crippen LogP contribution in [-0.2, 0) is 0 Å². The first-order chi connectivity index (χ1) is 8.50. The summed E-state index contributed by atoms with van der Waals surface area (Å²) < 4.78 is 0. The van der Waals surface area contributed by atoms with Crippen molar-refractivity contribution in [3.8, 4) is 0 Å². The highest BCUT2D eigenvalue weighted by Crippen LogP contribution is 2.26. The molecule has 0 aliphatic carbocycles. The number of pyridine rings is 1. The molecule has 5 heteroatoms. The van der Waals surface area contributed by atoms with Crippen LogP contribution < -0.4 is 5.73 Å². The van der Waals surface area contributed by atoms with E-state index in [1.54, 1.807) is 6.07 Å². The molecule has 0 aromatic carbocycles. The number of carbonyl (C=O) groups is 1. The molecular formula is C13H18ClN3O. The number of piperidine rings is 1. The predicted octanol–water partition coefficient (Wildman–Crippen LogP) is 2.58. The van der Waals surface area contributed by atoms with E-state index in [1.807, 2.05) is 4.90 Å². The van der Waals surface area contributed by atoms with Crippen LogP contribution in [0, 0.1) is 5.92 Å². The lowest BCUT2D eigenvalue weighted by molar-refractivity contribution is 0.0552. The Bertz CT molecular complexity index is 464. The van der Waals surface area contributed by atoms with E-state index < -0.39 is 0 Å². The van der Waals surface area contributed by atoms with Crippen molar-refractivity contribution in [1.29, 1.82) is 0 Å². The first-order valence-corrected chi connectivity index (χ1v) is 6.60. The van der Waals surface area contributed by atoms with E-state index in [2.05, 4.69) is 18.8 Å². The number of amides is 1. The maximum Gasteiger partial charge on any atom is 0.256 e. The van der Waals surface area contributed by atoms with Gasteiger partial charge in [0, 0.05) is 12.6 Å². The standard InChI is InChI=1S/C13H18ClN3O/c1-8-4-3-5-17(9(8)2)13(18)10-6-12(14)16-7-11(10)15/h6-9H,3-5,15H2,1-2H3. The zero-order chi connectivity index (χ0) is 13.3. The normalized spacial score (nSPS) is 24.1. The maximum absolute atomic E-state index is 12.5. The van der Waals surface area contributed by atoms with Gasteiger partial charge in [0.15, 0.2) is 0 Å². The number of likely N-dealkylation sites (tertiary alicyclic amines) is 1. The van der Waals surface area contributed by atoms with Crippen LogP contribution in [0.1, 0.15) is 37.0 Å². The topological polar surface area (TPSA) is 59.2 Å². The Morgan fingerprint density at radius 3 is 3.00 bits per heavy atom. The largest absolute Gasteiger partial charge is 0.397 e. The second-order valence-electron chi connectivity index (χ2n) is 4.95. The summed E-state index contributed by atoms with van der Waals surface area (Å²) in [6.07, 6.45) is 3.64. The third kappa shape index (κ3) is 2.43. The lowest BCUT2D eigenvalue weighted by Gasteiger charge is -2.38. The van der Waals surface area contributed by atoms with Gasteiger partial charge in [0.2, 0.25) is 0 Å². The molecule has 0 radical (unpaired) electrons. The van der Waals surface area contributed by atoms with Crippen molar-refractivity contribution in [2.75, 3.05) is 12.3 Å². The van der Waals surface area contributed by atoms with Crippen molar-refractivity contribution in [3.63, 3.8) is 0 Å². The summed E-state index contributed by atoms with van der Waals surface area (Å²) in [5.74, 6) is 0.470. The fraction of sp³-hybridized carbons (Fsp3) is 0.538. The van der Waals surface area contributed by atoms with Crippen LogP contribution in [0.25, 0.3) is 0 Å². The van der Waals surface area contributed by atoms with Gasteiger partial charge in [0.25, 0.3) is 5.91 Å². The predicted molar refractivity (Wildman–Crippen MR) is 72.6 cm³/mol. The maximum atomic E-state index is 12.5. The molecule has 2 heterocycles. The number of anilines is 1. The Labute approximate surface area is 112 Å². The lowest BCUT2D eigenvalue weighted by atomic mass is 9.91. The minimum Gasteiger partial charge on any atom is -0.397 e. The average Bonchev–Trinajstić information content (AvgIpc) is 2.35.